The second kappa shape index (κ2) is 5.21. The van der Waals surface area contributed by atoms with E-state index in [0.29, 0.717) is 23.3 Å². The van der Waals surface area contributed by atoms with E-state index in [1.165, 1.54) is 6.07 Å². The Morgan fingerprint density at radius 1 is 1.37 bits per heavy atom. The molecule has 104 valence electrons. The highest BCUT2D eigenvalue weighted by atomic mass is 19.4. The normalized spacial score (nSPS) is 13.9. The highest BCUT2D eigenvalue weighted by Crippen LogP contribution is 2.30. The van der Waals surface area contributed by atoms with Gasteiger partial charge in [0.15, 0.2) is 0 Å². The molecule has 1 aromatic carbocycles. The number of nitrogens with one attached hydrogen (secondary N) is 1. The molecule has 1 atom stereocenters. The van der Waals surface area contributed by atoms with E-state index in [1.807, 2.05) is 6.92 Å². The van der Waals surface area contributed by atoms with Crippen LogP contribution in [0.2, 0.25) is 0 Å². The van der Waals surface area contributed by atoms with Crippen LogP contribution in [0.5, 0.6) is 0 Å². The molecule has 0 saturated carbocycles. The molecule has 0 aliphatic heterocycles. The second-order valence-electron chi connectivity index (χ2n) is 4.67. The summed E-state index contributed by atoms with van der Waals surface area (Å²) in [5.41, 5.74) is 6.15. The fraction of sp³-hybridized carbons (Fsp3) is 0.462. The molecule has 0 saturated heterocycles. The van der Waals surface area contributed by atoms with Gasteiger partial charge in [-0.1, -0.05) is 13.3 Å². The minimum Gasteiger partial charge on any atom is -0.342 e. The molecule has 0 fully saturated rings. The third-order valence-electron chi connectivity index (χ3n) is 2.97. The molecule has 3 nitrogen and oxygen atoms in total. The number of benzene rings is 1. The van der Waals surface area contributed by atoms with Gasteiger partial charge in [-0.3, -0.25) is 0 Å². The molecule has 1 unspecified atom stereocenters. The first-order valence-corrected chi connectivity index (χ1v) is 6.21. The van der Waals surface area contributed by atoms with Gasteiger partial charge in [-0.25, -0.2) is 4.98 Å². The van der Waals surface area contributed by atoms with E-state index in [1.54, 1.807) is 0 Å². The number of alkyl halides is 3. The van der Waals surface area contributed by atoms with Crippen molar-refractivity contribution in [1.82, 2.24) is 9.97 Å². The maximum Gasteiger partial charge on any atom is 0.416 e. The lowest BCUT2D eigenvalue weighted by molar-refractivity contribution is -0.137. The van der Waals surface area contributed by atoms with Gasteiger partial charge in [0.25, 0.3) is 0 Å². The standard InChI is InChI=1S/C13H16F3N3/c1-2-3-9(17)7-12-18-10-5-4-8(13(14,15)16)6-11(10)19-12/h4-6,9H,2-3,7,17H2,1H3,(H,18,19). The predicted molar refractivity (Wildman–Crippen MR) is 67.7 cm³/mol. The SMILES string of the molecule is CCCC(N)Cc1nc2ccc(C(F)(F)F)cc2[nH]1. The predicted octanol–water partition coefficient (Wildman–Crippen LogP) is 3.25. The lowest BCUT2D eigenvalue weighted by Crippen LogP contribution is -2.22. The van der Waals surface area contributed by atoms with E-state index >= 15 is 0 Å². The average molecular weight is 271 g/mol. The van der Waals surface area contributed by atoms with E-state index in [2.05, 4.69) is 9.97 Å². The van der Waals surface area contributed by atoms with Crippen molar-refractivity contribution in [3.05, 3.63) is 29.6 Å². The van der Waals surface area contributed by atoms with Gasteiger partial charge in [-0.2, -0.15) is 13.2 Å². The molecule has 0 bridgehead atoms. The number of hydrogen-bond acceptors (Lipinski definition) is 2. The molecular formula is C13H16F3N3. The van der Waals surface area contributed by atoms with Crippen LogP contribution in [0, 0.1) is 0 Å². The zero-order valence-electron chi connectivity index (χ0n) is 10.6. The summed E-state index contributed by atoms with van der Waals surface area (Å²) in [7, 11) is 0. The van der Waals surface area contributed by atoms with Crippen LogP contribution in [0.3, 0.4) is 0 Å². The highest BCUT2D eigenvalue weighted by molar-refractivity contribution is 5.76. The maximum atomic E-state index is 12.6. The van der Waals surface area contributed by atoms with Crippen molar-refractivity contribution in [1.29, 1.82) is 0 Å². The van der Waals surface area contributed by atoms with Gasteiger partial charge < -0.3 is 10.7 Å². The smallest absolute Gasteiger partial charge is 0.342 e. The van der Waals surface area contributed by atoms with Gasteiger partial charge in [-0.15, -0.1) is 0 Å². The van der Waals surface area contributed by atoms with Crippen LogP contribution in [0.15, 0.2) is 18.2 Å². The third-order valence-corrected chi connectivity index (χ3v) is 2.97. The zero-order chi connectivity index (χ0) is 14.0. The van der Waals surface area contributed by atoms with E-state index in [0.717, 1.165) is 25.0 Å². The van der Waals surface area contributed by atoms with Crippen molar-refractivity contribution in [2.45, 2.75) is 38.4 Å². The molecular weight excluding hydrogens is 255 g/mol. The fourth-order valence-electron chi connectivity index (χ4n) is 2.06. The highest BCUT2D eigenvalue weighted by Gasteiger charge is 2.30. The summed E-state index contributed by atoms with van der Waals surface area (Å²) in [6.45, 7) is 2.04. The first-order chi connectivity index (χ1) is 8.90. The van der Waals surface area contributed by atoms with E-state index < -0.39 is 11.7 Å². The number of fused-ring (bicyclic) bond motifs is 1. The fourth-order valence-corrected chi connectivity index (χ4v) is 2.06. The number of nitrogens with zero attached hydrogens (tertiary/aromatic N) is 1. The molecule has 3 N–H and O–H groups in total. The van der Waals surface area contributed by atoms with E-state index in [9.17, 15) is 13.2 Å². The van der Waals surface area contributed by atoms with E-state index in [4.69, 9.17) is 5.73 Å². The van der Waals surface area contributed by atoms with Crippen molar-refractivity contribution >= 4 is 11.0 Å². The van der Waals surface area contributed by atoms with Crippen molar-refractivity contribution < 1.29 is 13.2 Å². The largest absolute Gasteiger partial charge is 0.416 e. The molecule has 2 aromatic rings. The second-order valence-corrected chi connectivity index (χ2v) is 4.67. The van der Waals surface area contributed by atoms with E-state index in [-0.39, 0.29) is 6.04 Å². The monoisotopic (exact) mass is 271 g/mol. The number of H-pyrrole nitrogens is 1. The van der Waals surface area contributed by atoms with Crippen LogP contribution in [0.1, 0.15) is 31.2 Å². The molecule has 0 aliphatic rings. The minimum atomic E-state index is -4.34. The summed E-state index contributed by atoms with van der Waals surface area (Å²) >= 11 is 0. The summed E-state index contributed by atoms with van der Waals surface area (Å²) in [4.78, 5) is 7.16. The molecule has 0 spiro atoms. The van der Waals surface area contributed by atoms with Gasteiger partial charge in [0.2, 0.25) is 0 Å². The molecule has 0 aliphatic carbocycles. The molecule has 6 heteroatoms. The number of aromatic amines is 1. The van der Waals surface area contributed by atoms with Crippen LogP contribution in [-0.2, 0) is 12.6 Å². The first kappa shape index (κ1) is 13.9. The summed E-state index contributed by atoms with van der Waals surface area (Å²) in [6.07, 6.45) is -1.95. The molecule has 2 rings (SSSR count). The van der Waals surface area contributed by atoms with Crippen molar-refractivity contribution in [2.24, 2.45) is 5.73 Å². The molecule has 0 amide bonds. The number of halogens is 3. The van der Waals surface area contributed by atoms with Crippen LogP contribution in [-0.4, -0.2) is 16.0 Å². The molecule has 19 heavy (non-hydrogen) atoms. The van der Waals surface area contributed by atoms with Gasteiger partial charge in [0.1, 0.15) is 5.82 Å². The number of nitrogens with two attached hydrogens (primary N) is 1. The molecule has 1 heterocycles. The number of hydrogen-bond donors (Lipinski definition) is 2. The number of imidazole rings is 1. The summed E-state index contributed by atoms with van der Waals surface area (Å²) < 4.78 is 37.7. The number of aromatic nitrogens is 2. The number of rotatable bonds is 4. The topological polar surface area (TPSA) is 54.7 Å². The quantitative estimate of drug-likeness (QED) is 0.896. The lowest BCUT2D eigenvalue weighted by atomic mass is 10.1. The first-order valence-electron chi connectivity index (χ1n) is 6.21. The zero-order valence-corrected chi connectivity index (χ0v) is 10.6. The summed E-state index contributed by atoms with van der Waals surface area (Å²) in [5, 5.41) is 0. The van der Waals surface area contributed by atoms with Gasteiger partial charge >= 0.3 is 6.18 Å². The van der Waals surface area contributed by atoms with Gasteiger partial charge in [-0.05, 0) is 24.6 Å². The van der Waals surface area contributed by atoms with Gasteiger partial charge in [0, 0.05) is 12.5 Å². The Balaban J connectivity index is 2.26. The average Bonchev–Trinajstić information content (AvgIpc) is 2.68. The Labute approximate surface area is 109 Å². The Hall–Kier alpha value is -1.56. The molecule has 1 aromatic heterocycles. The van der Waals surface area contributed by atoms with Crippen LogP contribution >= 0.6 is 0 Å². The Morgan fingerprint density at radius 2 is 2.11 bits per heavy atom. The van der Waals surface area contributed by atoms with Crippen LogP contribution in [0.4, 0.5) is 13.2 Å². The van der Waals surface area contributed by atoms with Crippen LogP contribution < -0.4 is 5.73 Å². The lowest BCUT2D eigenvalue weighted by Gasteiger charge is -2.06. The Kier molecular flexibility index (Phi) is 3.80. The van der Waals surface area contributed by atoms with Gasteiger partial charge in [0.05, 0.1) is 16.6 Å². The Bertz CT molecular complexity index is 560. The summed E-state index contributed by atoms with van der Waals surface area (Å²) in [6, 6.07) is 3.48. The minimum absolute atomic E-state index is 0.0207. The van der Waals surface area contributed by atoms with Crippen molar-refractivity contribution in [2.75, 3.05) is 0 Å². The van der Waals surface area contributed by atoms with Crippen molar-refractivity contribution in [3.8, 4) is 0 Å². The molecule has 0 radical (unpaired) electrons. The third kappa shape index (κ3) is 3.26. The van der Waals surface area contributed by atoms with Crippen molar-refractivity contribution in [3.63, 3.8) is 0 Å². The summed E-state index contributed by atoms with van der Waals surface area (Å²) in [5.74, 6) is 0.635. The maximum absolute atomic E-state index is 12.6. The van der Waals surface area contributed by atoms with Crippen LogP contribution in [0.25, 0.3) is 11.0 Å². The Morgan fingerprint density at radius 3 is 2.74 bits per heavy atom.